The Hall–Kier alpha value is -0.466. The standard InChI is InChI=1S/C16H29FO2SSi2/c1-16(2,3)12-10-13(21(4,5)6)15(20(17,18)19)14(11-12)22(7,8)9/h10-11H,1-9H3. The Bertz CT molecular complexity index is 641. The lowest BCUT2D eigenvalue weighted by Gasteiger charge is -2.30. The molecule has 0 heterocycles. The molecule has 0 spiro atoms. The molecule has 0 amide bonds. The summed E-state index contributed by atoms with van der Waals surface area (Å²) in [5.41, 5.74) is 0.997. The molecule has 0 radical (unpaired) electrons. The molecular weight excluding hydrogens is 331 g/mol. The number of benzene rings is 1. The van der Waals surface area contributed by atoms with E-state index in [0.717, 1.165) is 15.9 Å². The number of hydrogen-bond acceptors (Lipinski definition) is 2. The van der Waals surface area contributed by atoms with Gasteiger partial charge in [0.1, 0.15) is 0 Å². The average Bonchev–Trinajstić information content (AvgIpc) is 2.22. The molecule has 0 aliphatic rings. The highest BCUT2D eigenvalue weighted by Crippen LogP contribution is 2.26. The third-order valence-electron chi connectivity index (χ3n) is 3.81. The van der Waals surface area contributed by atoms with Crippen molar-refractivity contribution in [2.75, 3.05) is 0 Å². The van der Waals surface area contributed by atoms with Crippen molar-refractivity contribution in [3.63, 3.8) is 0 Å². The third kappa shape index (κ3) is 4.29. The molecule has 6 heteroatoms. The second kappa shape index (κ2) is 5.56. The van der Waals surface area contributed by atoms with E-state index in [0.29, 0.717) is 0 Å². The van der Waals surface area contributed by atoms with Crippen LogP contribution in [0.1, 0.15) is 26.3 Å². The first-order valence-corrected chi connectivity index (χ1v) is 16.0. The van der Waals surface area contributed by atoms with Crippen LogP contribution in [0.5, 0.6) is 0 Å². The van der Waals surface area contributed by atoms with Crippen molar-refractivity contribution in [3.8, 4) is 0 Å². The van der Waals surface area contributed by atoms with Crippen molar-refractivity contribution in [3.05, 3.63) is 17.7 Å². The zero-order chi connectivity index (χ0) is 17.7. The van der Waals surface area contributed by atoms with Crippen LogP contribution >= 0.6 is 0 Å². The lowest BCUT2D eigenvalue weighted by Crippen LogP contribution is -2.50. The molecule has 1 aromatic rings. The zero-order valence-corrected chi connectivity index (χ0v) is 18.1. The van der Waals surface area contributed by atoms with Crippen LogP contribution in [-0.2, 0) is 15.6 Å². The summed E-state index contributed by atoms with van der Waals surface area (Å²) in [6, 6.07) is 3.87. The van der Waals surface area contributed by atoms with E-state index in [9.17, 15) is 12.3 Å². The number of halogens is 1. The van der Waals surface area contributed by atoms with Crippen molar-refractivity contribution in [2.24, 2.45) is 0 Å². The SMILES string of the molecule is CC(C)(C)c1cc([Si](C)(C)C)c(S(=O)(=O)F)c([Si](C)(C)C)c1. The van der Waals surface area contributed by atoms with Crippen molar-refractivity contribution < 1.29 is 12.3 Å². The van der Waals surface area contributed by atoms with E-state index in [4.69, 9.17) is 0 Å². The van der Waals surface area contributed by atoms with Crippen LogP contribution in [0.15, 0.2) is 17.0 Å². The summed E-state index contributed by atoms with van der Waals surface area (Å²) in [6.45, 7) is 18.7. The van der Waals surface area contributed by atoms with Crippen LogP contribution < -0.4 is 10.4 Å². The predicted molar refractivity (Wildman–Crippen MR) is 99.4 cm³/mol. The van der Waals surface area contributed by atoms with Crippen LogP contribution in [0.3, 0.4) is 0 Å². The Labute approximate surface area is 137 Å². The maximum Gasteiger partial charge on any atom is 0.331 e. The number of hydrogen-bond donors (Lipinski definition) is 0. The molecule has 0 aliphatic heterocycles. The summed E-state index contributed by atoms with van der Waals surface area (Å²) < 4.78 is 38.0. The first-order chi connectivity index (χ1) is 9.45. The van der Waals surface area contributed by atoms with E-state index in [2.05, 4.69) is 60.1 Å². The van der Waals surface area contributed by atoms with Gasteiger partial charge in [-0.2, -0.15) is 8.42 Å². The van der Waals surface area contributed by atoms with Crippen LogP contribution in [0.4, 0.5) is 3.89 Å². The van der Waals surface area contributed by atoms with Gasteiger partial charge in [0.05, 0.1) is 21.0 Å². The summed E-state index contributed by atoms with van der Waals surface area (Å²) in [4.78, 5) is -0.0289. The van der Waals surface area contributed by atoms with Gasteiger partial charge >= 0.3 is 10.2 Å². The van der Waals surface area contributed by atoms with Crippen LogP contribution in [0.25, 0.3) is 0 Å². The van der Waals surface area contributed by atoms with Gasteiger partial charge in [0.25, 0.3) is 0 Å². The van der Waals surface area contributed by atoms with Gasteiger partial charge < -0.3 is 0 Å². The fourth-order valence-corrected chi connectivity index (χ4v) is 8.58. The van der Waals surface area contributed by atoms with Gasteiger partial charge in [-0.05, 0) is 21.4 Å². The van der Waals surface area contributed by atoms with Gasteiger partial charge in [0, 0.05) is 0 Å². The molecule has 0 bridgehead atoms. The van der Waals surface area contributed by atoms with E-state index in [1.165, 1.54) is 0 Å². The molecule has 0 aliphatic carbocycles. The maximum absolute atomic E-state index is 14.1. The fourth-order valence-electron chi connectivity index (χ4n) is 2.44. The summed E-state index contributed by atoms with van der Waals surface area (Å²) >= 11 is 0. The predicted octanol–water partition coefficient (Wildman–Crippen LogP) is 3.73. The maximum atomic E-state index is 14.1. The quantitative estimate of drug-likeness (QED) is 0.608. The van der Waals surface area contributed by atoms with E-state index in [1.54, 1.807) is 0 Å². The van der Waals surface area contributed by atoms with Crippen LogP contribution in [0, 0.1) is 0 Å². The lowest BCUT2D eigenvalue weighted by molar-refractivity contribution is 0.552. The molecule has 0 unspecified atom stereocenters. The van der Waals surface area contributed by atoms with Gasteiger partial charge in [0.2, 0.25) is 0 Å². The smallest absolute Gasteiger partial charge is 0.189 e. The highest BCUT2D eigenvalue weighted by atomic mass is 32.3. The van der Waals surface area contributed by atoms with E-state index < -0.39 is 26.4 Å². The Balaban J connectivity index is 4.05. The van der Waals surface area contributed by atoms with Gasteiger partial charge in [-0.1, -0.05) is 72.2 Å². The van der Waals surface area contributed by atoms with Crippen molar-refractivity contribution >= 4 is 36.7 Å². The van der Waals surface area contributed by atoms with Gasteiger partial charge in [-0.3, -0.25) is 0 Å². The zero-order valence-electron chi connectivity index (χ0n) is 15.3. The minimum atomic E-state index is -4.72. The topological polar surface area (TPSA) is 34.1 Å². The number of rotatable bonds is 3. The van der Waals surface area contributed by atoms with Gasteiger partial charge in [-0.25, -0.2) is 0 Å². The van der Waals surface area contributed by atoms with Gasteiger partial charge in [0.15, 0.2) is 0 Å². The van der Waals surface area contributed by atoms with Crippen molar-refractivity contribution in [2.45, 2.75) is 70.4 Å². The molecule has 1 rings (SSSR count). The summed E-state index contributed by atoms with van der Waals surface area (Å²) in [5, 5.41) is 1.44. The molecule has 0 N–H and O–H groups in total. The minimum Gasteiger partial charge on any atom is -0.189 e. The molecule has 126 valence electrons. The Morgan fingerprint density at radius 2 is 1.18 bits per heavy atom. The van der Waals surface area contributed by atoms with Gasteiger partial charge in [-0.15, -0.1) is 3.89 Å². The lowest BCUT2D eigenvalue weighted by atomic mass is 9.87. The highest BCUT2D eigenvalue weighted by molar-refractivity contribution is 7.87. The first kappa shape index (κ1) is 19.6. The van der Waals surface area contributed by atoms with Crippen LogP contribution in [-0.4, -0.2) is 24.6 Å². The Kier molecular flexibility index (Phi) is 4.95. The molecule has 0 fully saturated rings. The monoisotopic (exact) mass is 360 g/mol. The summed E-state index contributed by atoms with van der Waals surface area (Å²) in [7, 11) is -8.73. The summed E-state index contributed by atoms with van der Waals surface area (Å²) in [5.74, 6) is 0. The molecule has 0 saturated carbocycles. The molecule has 22 heavy (non-hydrogen) atoms. The highest BCUT2D eigenvalue weighted by Gasteiger charge is 2.35. The molecule has 1 aromatic carbocycles. The van der Waals surface area contributed by atoms with Crippen LogP contribution in [0.2, 0.25) is 39.3 Å². The normalized spacial score (nSPS) is 14.3. The first-order valence-electron chi connectivity index (χ1n) is 7.60. The second-order valence-corrected chi connectivity index (χ2v) is 20.4. The van der Waals surface area contributed by atoms with Crippen molar-refractivity contribution in [1.82, 2.24) is 0 Å². The molecule has 0 aromatic heterocycles. The van der Waals surface area contributed by atoms with Crippen molar-refractivity contribution in [1.29, 1.82) is 0 Å². The molecule has 0 atom stereocenters. The third-order valence-corrected chi connectivity index (χ3v) is 9.13. The summed E-state index contributed by atoms with van der Waals surface area (Å²) in [6.07, 6.45) is 0. The van der Waals surface area contributed by atoms with E-state index in [1.807, 2.05) is 12.1 Å². The average molecular weight is 361 g/mol. The Morgan fingerprint density at radius 3 is 1.36 bits per heavy atom. The van der Waals surface area contributed by atoms with E-state index in [-0.39, 0.29) is 10.3 Å². The Morgan fingerprint density at radius 1 is 0.864 bits per heavy atom. The molecule has 2 nitrogen and oxygen atoms in total. The fraction of sp³-hybridized carbons (Fsp3) is 0.625. The largest absolute Gasteiger partial charge is 0.331 e. The second-order valence-electron chi connectivity index (χ2n) is 9.09. The molecular formula is C16H29FO2SSi2. The van der Waals surface area contributed by atoms with E-state index >= 15 is 0 Å². The minimum absolute atomic E-state index is 0.0289. The molecule has 0 saturated heterocycles.